The second-order valence-corrected chi connectivity index (χ2v) is 11.1. The van der Waals surface area contributed by atoms with Crippen LogP contribution in [0.25, 0.3) is 10.7 Å². The summed E-state index contributed by atoms with van der Waals surface area (Å²) in [6, 6.07) is 7.43. The van der Waals surface area contributed by atoms with Gasteiger partial charge in [-0.05, 0) is 50.0 Å². The number of nitrogens with two attached hydrogens (primary N) is 2. The molecular weight excluding hydrogens is 514 g/mol. The molecule has 3 aromatic heterocycles. The van der Waals surface area contributed by atoms with Crippen LogP contribution in [0, 0.1) is 5.92 Å². The molecule has 1 amide bonds. The highest BCUT2D eigenvalue weighted by Gasteiger charge is 2.22. The zero-order chi connectivity index (χ0) is 27.0. The molecule has 5 rings (SSSR count). The summed E-state index contributed by atoms with van der Waals surface area (Å²) in [5.74, 6) is 0.649. The smallest absolute Gasteiger partial charge is 0.270 e. The normalized spacial score (nSPS) is 17.2. The molecule has 2 saturated heterocycles. The summed E-state index contributed by atoms with van der Waals surface area (Å²) >= 11 is 1.70. The van der Waals surface area contributed by atoms with Crippen LogP contribution in [0.1, 0.15) is 28.2 Å². The zero-order valence-electron chi connectivity index (χ0n) is 22.1. The molecule has 12 heteroatoms. The third-order valence-corrected chi connectivity index (χ3v) is 8.23. The van der Waals surface area contributed by atoms with Crippen molar-refractivity contribution in [3.8, 4) is 10.7 Å². The topological polar surface area (TPSA) is 148 Å². The third-order valence-electron chi connectivity index (χ3n) is 7.22. The van der Waals surface area contributed by atoms with E-state index in [0.29, 0.717) is 36.2 Å². The van der Waals surface area contributed by atoms with Gasteiger partial charge >= 0.3 is 0 Å². The summed E-state index contributed by atoms with van der Waals surface area (Å²) in [6.45, 7) is 8.30. The average Bonchev–Trinajstić information content (AvgIpc) is 3.44. The van der Waals surface area contributed by atoms with Crippen LogP contribution in [0.4, 0.5) is 17.2 Å². The van der Waals surface area contributed by atoms with E-state index < -0.39 is 0 Å². The van der Waals surface area contributed by atoms with Crippen molar-refractivity contribution in [1.82, 2.24) is 30.1 Å². The van der Waals surface area contributed by atoms with Gasteiger partial charge in [0.05, 0.1) is 30.3 Å². The van der Waals surface area contributed by atoms with Gasteiger partial charge in [-0.2, -0.15) is 0 Å². The number of thiazole rings is 1. The average molecular weight is 552 g/mol. The number of nitrogens with one attached hydrogen (secondary N) is 2. The SMILES string of the molecule is Nc1cc(C(=O)NCC2CCN(Cc3cnc(-c4ccccn4)s3)CC2)nc(NCCN2CCOCC2)c1N. The van der Waals surface area contributed by atoms with Crippen molar-refractivity contribution in [2.45, 2.75) is 19.4 Å². The Morgan fingerprint density at radius 3 is 2.69 bits per heavy atom. The number of likely N-dealkylation sites (tertiary alicyclic amines) is 1. The number of rotatable bonds is 10. The number of carbonyl (C=O) groups is 1. The van der Waals surface area contributed by atoms with Crippen LogP contribution in [0.5, 0.6) is 0 Å². The molecule has 0 radical (unpaired) electrons. The minimum absolute atomic E-state index is 0.230. The molecule has 2 aliphatic rings. The second-order valence-electron chi connectivity index (χ2n) is 10.0. The first-order chi connectivity index (χ1) is 19.0. The Balaban J connectivity index is 1.06. The number of hydrogen-bond donors (Lipinski definition) is 4. The largest absolute Gasteiger partial charge is 0.397 e. The Labute approximate surface area is 233 Å². The maximum atomic E-state index is 12.9. The van der Waals surface area contributed by atoms with E-state index in [2.05, 4.69) is 35.4 Å². The predicted octanol–water partition coefficient (Wildman–Crippen LogP) is 2.15. The van der Waals surface area contributed by atoms with Crippen molar-refractivity contribution < 1.29 is 9.53 Å². The van der Waals surface area contributed by atoms with E-state index in [9.17, 15) is 4.79 Å². The number of aromatic nitrogens is 3. The lowest BCUT2D eigenvalue weighted by Gasteiger charge is -2.31. The molecule has 11 nitrogen and oxygen atoms in total. The van der Waals surface area contributed by atoms with Crippen molar-refractivity contribution in [3.05, 3.63) is 47.2 Å². The number of nitrogens with zero attached hydrogens (tertiary/aromatic N) is 5. The molecule has 5 heterocycles. The Morgan fingerprint density at radius 2 is 1.92 bits per heavy atom. The first-order valence-corrected chi connectivity index (χ1v) is 14.3. The third kappa shape index (κ3) is 7.41. The van der Waals surface area contributed by atoms with Gasteiger partial charge in [-0.1, -0.05) is 6.07 Å². The van der Waals surface area contributed by atoms with Gasteiger partial charge in [0.15, 0.2) is 5.82 Å². The van der Waals surface area contributed by atoms with Gasteiger partial charge in [-0.25, -0.2) is 9.97 Å². The second kappa shape index (κ2) is 13.2. The number of morpholine rings is 1. The van der Waals surface area contributed by atoms with Crippen molar-refractivity contribution in [1.29, 1.82) is 0 Å². The van der Waals surface area contributed by atoms with E-state index in [-0.39, 0.29) is 11.6 Å². The molecule has 0 aliphatic carbocycles. The summed E-state index contributed by atoms with van der Waals surface area (Å²) in [5, 5.41) is 7.26. The Kier molecular flexibility index (Phi) is 9.19. The molecular formula is C27H37N9O2S. The summed E-state index contributed by atoms with van der Waals surface area (Å²) in [5.41, 5.74) is 14.2. The maximum Gasteiger partial charge on any atom is 0.270 e. The molecule has 0 bridgehead atoms. The first-order valence-electron chi connectivity index (χ1n) is 13.5. The molecule has 6 N–H and O–H groups in total. The molecule has 2 fully saturated rings. The van der Waals surface area contributed by atoms with Crippen LogP contribution < -0.4 is 22.1 Å². The monoisotopic (exact) mass is 551 g/mol. The quantitative estimate of drug-likeness (QED) is 0.295. The molecule has 3 aromatic rings. The number of piperidine rings is 1. The molecule has 39 heavy (non-hydrogen) atoms. The zero-order valence-corrected chi connectivity index (χ0v) is 23.0. The van der Waals surface area contributed by atoms with Crippen LogP contribution in [0.15, 0.2) is 36.7 Å². The van der Waals surface area contributed by atoms with Crippen molar-refractivity contribution >= 4 is 34.4 Å². The van der Waals surface area contributed by atoms with Crippen molar-refractivity contribution in [2.24, 2.45) is 5.92 Å². The predicted molar refractivity (Wildman–Crippen MR) is 154 cm³/mol. The summed E-state index contributed by atoms with van der Waals surface area (Å²) in [6.07, 6.45) is 5.80. The fraction of sp³-hybridized carbons (Fsp3) is 0.481. The summed E-state index contributed by atoms with van der Waals surface area (Å²) in [7, 11) is 0. The van der Waals surface area contributed by atoms with Crippen molar-refractivity contribution in [2.75, 3.05) is 75.8 Å². The number of amides is 1. The Bertz CT molecular complexity index is 1230. The summed E-state index contributed by atoms with van der Waals surface area (Å²) < 4.78 is 5.39. The highest BCUT2D eigenvalue weighted by Crippen LogP contribution is 2.26. The minimum Gasteiger partial charge on any atom is -0.397 e. The summed E-state index contributed by atoms with van der Waals surface area (Å²) in [4.78, 5) is 32.3. The van der Waals surface area contributed by atoms with Crippen LogP contribution in [0.3, 0.4) is 0 Å². The maximum absolute atomic E-state index is 12.9. The van der Waals surface area contributed by atoms with Crippen LogP contribution in [-0.4, -0.2) is 89.7 Å². The number of nitrogen functional groups attached to an aromatic ring is 2. The first kappa shape index (κ1) is 27.3. The lowest BCUT2D eigenvalue weighted by Crippen LogP contribution is -2.39. The highest BCUT2D eigenvalue weighted by molar-refractivity contribution is 7.14. The van der Waals surface area contributed by atoms with Gasteiger partial charge in [-0.15, -0.1) is 11.3 Å². The van der Waals surface area contributed by atoms with E-state index in [1.54, 1.807) is 23.6 Å². The fourth-order valence-corrected chi connectivity index (χ4v) is 5.80. The number of ether oxygens (including phenoxy) is 1. The lowest BCUT2D eigenvalue weighted by atomic mass is 9.96. The number of carbonyl (C=O) groups excluding carboxylic acids is 1. The van der Waals surface area contributed by atoms with E-state index in [4.69, 9.17) is 16.2 Å². The van der Waals surface area contributed by atoms with Gasteiger partial charge in [0.1, 0.15) is 10.7 Å². The van der Waals surface area contributed by atoms with E-state index in [1.165, 1.54) is 4.88 Å². The van der Waals surface area contributed by atoms with Crippen LogP contribution >= 0.6 is 11.3 Å². The van der Waals surface area contributed by atoms with E-state index in [0.717, 1.165) is 76.0 Å². The molecule has 0 saturated carbocycles. The molecule has 0 atom stereocenters. The van der Waals surface area contributed by atoms with Gasteiger partial charge in [-0.3, -0.25) is 19.6 Å². The standard InChI is InChI=1S/C27H37N9O2S/c28-21-15-23(34-25(24(21)29)31-7-10-35-11-13-38-14-12-35)26(37)32-16-19-4-8-36(9-5-19)18-20-17-33-27(39-20)22-3-1-2-6-30-22/h1-3,6,15,17,19H,4-5,7-14,16,18,29H2,(H,32,37)(H3,28,31,34). The van der Waals surface area contributed by atoms with Gasteiger partial charge < -0.3 is 26.8 Å². The van der Waals surface area contributed by atoms with Crippen molar-refractivity contribution in [3.63, 3.8) is 0 Å². The van der Waals surface area contributed by atoms with Crippen LogP contribution in [0.2, 0.25) is 0 Å². The highest BCUT2D eigenvalue weighted by atomic mass is 32.1. The Morgan fingerprint density at radius 1 is 1.10 bits per heavy atom. The van der Waals surface area contributed by atoms with E-state index >= 15 is 0 Å². The number of pyridine rings is 2. The van der Waals surface area contributed by atoms with Gasteiger partial charge in [0, 0.05) is 56.5 Å². The minimum atomic E-state index is -0.230. The molecule has 0 aromatic carbocycles. The van der Waals surface area contributed by atoms with Gasteiger partial charge in [0.25, 0.3) is 5.91 Å². The molecule has 208 valence electrons. The Hall–Kier alpha value is -3.32. The molecule has 0 unspecified atom stereocenters. The lowest BCUT2D eigenvalue weighted by molar-refractivity contribution is 0.0398. The van der Waals surface area contributed by atoms with Crippen LogP contribution in [-0.2, 0) is 11.3 Å². The number of hydrogen-bond acceptors (Lipinski definition) is 11. The fourth-order valence-electron chi connectivity index (χ4n) is 4.87. The van der Waals surface area contributed by atoms with Gasteiger partial charge in [0.2, 0.25) is 0 Å². The molecule has 0 spiro atoms. The number of anilines is 3. The van der Waals surface area contributed by atoms with E-state index in [1.807, 2.05) is 24.4 Å². The molecule has 2 aliphatic heterocycles.